The van der Waals surface area contributed by atoms with Gasteiger partial charge >= 0.3 is 5.97 Å². The SMILES string of the molecule is N[C@@H](CSC1CCC(=O)C1)C(=O)O. The first-order valence-electron chi connectivity index (χ1n) is 4.21. The van der Waals surface area contributed by atoms with E-state index in [9.17, 15) is 9.59 Å². The lowest BCUT2D eigenvalue weighted by atomic mass is 10.4. The van der Waals surface area contributed by atoms with Gasteiger partial charge in [0.2, 0.25) is 0 Å². The van der Waals surface area contributed by atoms with Crippen LogP contribution in [0.5, 0.6) is 0 Å². The Labute approximate surface area is 80.9 Å². The van der Waals surface area contributed by atoms with Crippen molar-refractivity contribution in [3.05, 3.63) is 0 Å². The van der Waals surface area contributed by atoms with Gasteiger partial charge in [0.15, 0.2) is 0 Å². The van der Waals surface area contributed by atoms with Gasteiger partial charge in [-0.05, 0) is 6.42 Å². The molecule has 0 heterocycles. The van der Waals surface area contributed by atoms with E-state index in [0.717, 1.165) is 6.42 Å². The maximum absolute atomic E-state index is 10.9. The van der Waals surface area contributed by atoms with E-state index in [4.69, 9.17) is 10.8 Å². The normalized spacial score (nSPS) is 24.7. The molecule has 2 atom stereocenters. The first-order chi connectivity index (χ1) is 6.09. The maximum atomic E-state index is 10.9. The topological polar surface area (TPSA) is 80.4 Å². The number of carbonyl (C=O) groups excluding carboxylic acids is 1. The third-order valence-corrected chi connectivity index (χ3v) is 3.45. The van der Waals surface area contributed by atoms with E-state index in [2.05, 4.69) is 0 Å². The Bertz CT molecular complexity index is 219. The molecule has 0 aliphatic heterocycles. The van der Waals surface area contributed by atoms with Crippen molar-refractivity contribution in [1.29, 1.82) is 0 Å². The van der Waals surface area contributed by atoms with Gasteiger partial charge < -0.3 is 10.8 Å². The van der Waals surface area contributed by atoms with E-state index in [1.165, 1.54) is 11.8 Å². The molecule has 0 bridgehead atoms. The predicted octanol–water partition coefficient (Wildman–Crippen LogP) is 0.253. The quantitative estimate of drug-likeness (QED) is 0.684. The van der Waals surface area contributed by atoms with Crippen LogP contribution in [0.15, 0.2) is 0 Å². The zero-order chi connectivity index (χ0) is 9.84. The lowest BCUT2D eigenvalue weighted by Gasteiger charge is -2.09. The summed E-state index contributed by atoms with van der Waals surface area (Å²) in [6.45, 7) is 0. The van der Waals surface area contributed by atoms with E-state index in [1.807, 2.05) is 0 Å². The van der Waals surface area contributed by atoms with Crippen LogP contribution in [-0.2, 0) is 9.59 Å². The summed E-state index contributed by atoms with van der Waals surface area (Å²) in [5.74, 6) is -0.300. The monoisotopic (exact) mass is 203 g/mol. The first kappa shape index (κ1) is 10.5. The zero-order valence-corrected chi connectivity index (χ0v) is 8.05. The highest BCUT2D eigenvalue weighted by molar-refractivity contribution is 8.00. The van der Waals surface area contributed by atoms with Crippen LogP contribution in [0, 0.1) is 0 Å². The number of carboxylic acids is 1. The van der Waals surface area contributed by atoms with Crippen LogP contribution in [-0.4, -0.2) is 33.9 Å². The highest BCUT2D eigenvalue weighted by atomic mass is 32.2. The summed E-state index contributed by atoms with van der Waals surface area (Å²) in [6.07, 6.45) is 2.09. The second-order valence-electron chi connectivity index (χ2n) is 3.18. The number of thioether (sulfide) groups is 1. The highest BCUT2D eigenvalue weighted by Gasteiger charge is 2.23. The fourth-order valence-electron chi connectivity index (χ4n) is 1.23. The van der Waals surface area contributed by atoms with Crippen LogP contribution in [0.2, 0.25) is 0 Å². The molecule has 0 aromatic heterocycles. The van der Waals surface area contributed by atoms with Gasteiger partial charge in [0, 0.05) is 23.8 Å². The summed E-state index contributed by atoms with van der Waals surface area (Å²) in [4.78, 5) is 21.2. The number of Topliss-reactive ketones (excluding diaryl/α,β-unsaturated/α-hetero) is 1. The molecule has 1 aliphatic rings. The Hall–Kier alpha value is -0.550. The largest absolute Gasteiger partial charge is 0.480 e. The summed E-state index contributed by atoms with van der Waals surface area (Å²) >= 11 is 1.50. The third-order valence-electron chi connectivity index (χ3n) is 2.03. The molecular weight excluding hydrogens is 190 g/mol. The van der Waals surface area contributed by atoms with Crippen LogP contribution in [0.3, 0.4) is 0 Å². The number of carbonyl (C=O) groups is 2. The smallest absolute Gasteiger partial charge is 0.321 e. The van der Waals surface area contributed by atoms with Crippen molar-refractivity contribution in [3.8, 4) is 0 Å². The fourth-order valence-corrected chi connectivity index (χ4v) is 2.44. The van der Waals surface area contributed by atoms with Crippen LogP contribution >= 0.6 is 11.8 Å². The standard InChI is InChI=1S/C8H13NO3S/c9-7(8(11)12)4-13-6-2-1-5(10)3-6/h6-7H,1-4,9H2,(H,11,12)/t6?,7-/m0/s1. The lowest BCUT2D eigenvalue weighted by Crippen LogP contribution is -2.33. The maximum Gasteiger partial charge on any atom is 0.321 e. The van der Waals surface area contributed by atoms with Crippen molar-refractivity contribution in [2.45, 2.75) is 30.6 Å². The zero-order valence-electron chi connectivity index (χ0n) is 7.23. The van der Waals surface area contributed by atoms with Crippen molar-refractivity contribution >= 4 is 23.5 Å². The van der Waals surface area contributed by atoms with Gasteiger partial charge in [-0.25, -0.2) is 0 Å². The summed E-state index contributed by atoms with van der Waals surface area (Å²) < 4.78 is 0. The number of hydrogen-bond acceptors (Lipinski definition) is 4. The van der Waals surface area contributed by atoms with Gasteiger partial charge in [-0.3, -0.25) is 9.59 Å². The Morgan fingerprint density at radius 3 is 2.92 bits per heavy atom. The minimum Gasteiger partial charge on any atom is -0.480 e. The average Bonchev–Trinajstić information content (AvgIpc) is 2.47. The van der Waals surface area contributed by atoms with E-state index in [0.29, 0.717) is 18.6 Å². The van der Waals surface area contributed by atoms with E-state index < -0.39 is 12.0 Å². The second kappa shape index (κ2) is 4.62. The summed E-state index contributed by atoms with van der Waals surface area (Å²) in [7, 11) is 0. The molecule has 1 saturated carbocycles. The molecule has 1 unspecified atom stereocenters. The molecule has 13 heavy (non-hydrogen) atoms. The van der Waals surface area contributed by atoms with Crippen LogP contribution in [0.4, 0.5) is 0 Å². The van der Waals surface area contributed by atoms with Crippen LogP contribution in [0.1, 0.15) is 19.3 Å². The van der Waals surface area contributed by atoms with Crippen molar-refractivity contribution in [2.24, 2.45) is 5.73 Å². The van der Waals surface area contributed by atoms with Crippen LogP contribution in [0.25, 0.3) is 0 Å². The van der Waals surface area contributed by atoms with Crippen molar-refractivity contribution in [3.63, 3.8) is 0 Å². The van der Waals surface area contributed by atoms with Gasteiger partial charge in [0.05, 0.1) is 0 Å². The van der Waals surface area contributed by atoms with Crippen molar-refractivity contribution in [2.75, 3.05) is 5.75 Å². The van der Waals surface area contributed by atoms with Gasteiger partial charge in [0.25, 0.3) is 0 Å². The van der Waals surface area contributed by atoms with Crippen molar-refractivity contribution < 1.29 is 14.7 Å². The minimum absolute atomic E-state index is 0.279. The number of carboxylic acid groups (broad SMARTS) is 1. The lowest BCUT2D eigenvalue weighted by molar-refractivity contribution is -0.137. The predicted molar refractivity (Wildman–Crippen MR) is 50.7 cm³/mol. The number of rotatable bonds is 4. The molecule has 5 heteroatoms. The molecule has 3 N–H and O–H groups in total. The minimum atomic E-state index is -0.975. The molecule has 0 aromatic carbocycles. The molecule has 74 valence electrons. The molecule has 1 aliphatic carbocycles. The molecule has 4 nitrogen and oxygen atoms in total. The fraction of sp³-hybridized carbons (Fsp3) is 0.750. The summed E-state index contributed by atoms with van der Waals surface area (Å²) in [5.41, 5.74) is 5.32. The summed E-state index contributed by atoms with van der Waals surface area (Å²) in [6, 6.07) is -0.805. The van der Waals surface area contributed by atoms with E-state index in [-0.39, 0.29) is 11.0 Å². The Morgan fingerprint density at radius 2 is 2.46 bits per heavy atom. The highest BCUT2D eigenvalue weighted by Crippen LogP contribution is 2.27. The molecule has 0 radical (unpaired) electrons. The molecule has 1 rings (SSSR count). The average molecular weight is 203 g/mol. The molecule has 0 spiro atoms. The first-order valence-corrected chi connectivity index (χ1v) is 5.26. The third kappa shape index (κ3) is 3.36. The number of nitrogens with two attached hydrogens (primary N) is 1. The van der Waals surface area contributed by atoms with Crippen molar-refractivity contribution in [1.82, 2.24) is 0 Å². The van der Waals surface area contributed by atoms with E-state index in [1.54, 1.807) is 0 Å². The summed E-state index contributed by atoms with van der Waals surface area (Å²) in [5, 5.41) is 8.79. The Morgan fingerprint density at radius 1 is 1.77 bits per heavy atom. The van der Waals surface area contributed by atoms with Gasteiger partial charge in [-0.2, -0.15) is 11.8 Å². The van der Waals surface area contributed by atoms with Gasteiger partial charge in [-0.15, -0.1) is 0 Å². The molecule has 0 saturated heterocycles. The number of aliphatic carboxylic acids is 1. The Balaban J connectivity index is 2.19. The van der Waals surface area contributed by atoms with Crippen LogP contribution < -0.4 is 5.73 Å². The number of ketones is 1. The molecular formula is C8H13NO3S. The molecule has 0 amide bonds. The number of hydrogen-bond donors (Lipinski definition) is 2. The molecule has 0 aromatic rings. The molecule has 1 fully saturated rings. The van der Waals surface area contributed by atoms with Gasteiger partial charge in [0.1, 0.15) is 11.8 Å². The van der Waals surface area contributed by atoms with E-state index >= 15 is 0 Å². The Kier molecular flexibility index (Phi) is 3.74. The second-order valence-corrected chi connectivity index (χ2v) is 4.51. The van der Waals surface area contributed by atoms with Gasteiger partial charge in [-0.1, -0.05) is 0 Å².